The van der Waals surface area contributed by atoms with Crippen LogP contribution in [-0.4, -0.2) is 29.0 Å². The molecule has 0 saturated heterocycles. The Kier molecular flexibility index (Phi) is 2.58. The Morgan fingerprint density at radius 3 is 3.00 bits per heavy atom. The number of fused-ring (bicyclic) bond motifs is 1. The number of nitrogens with zero attached hydrogens (tertiary/aromatic N) is 3. The molecule has 0 aromatic heterocycles. The van der Waals surface area contributed by atoms with Crippen LogP contribution in [0.5, 0.6) is 0 Å². The van der Waals surface area contributed by atoms with Crippen molar-refractivity contribution in [3.05, 3.63) is 0 Å². The van der Waals surface area contributed by atoms with E-state index in [1.54, 1.807) is 0 Å². The van der Waals surface area contributed by atoms with Gasteiger partial charge in [-0.15, -0.1) is 0 Å². The molecule has 2 rings (SSSR count). The maximum Gasteiger partial charge on any atom is 0.187 e. The zero-order valence-electron chi connectivity index (χ0n) is 8.16. The average Bonchev–Trinajstić information content (AvgIpc) is 2.36. The summed E-state index contributed by atoms with van der Waals surface area (Å²) >= 11 is 1.54. The maximum atomic E-state index is 4.51. The highest BCUT2D eigenvalue weighted by atomic mass is 32.2. The standard InChI is InChI=1S/C9H15N3S/c1-7(2)8-11-13-9-10-5-3-4-6-12(8)9/h7H,3-6H2,1-2H3. The lowest BCUT2D eigenvalue weighted by molar-refractivity contribution is 0.564. The fourth-order valence-electron chi connectivity index (χ4n) is 1.58. The van der Waals surface area contributed by atoms with Crippen molar-refractivity contribution in [2.45, 2.75) is 26.7 Å². The fourth-order valence-corrected chi connectivity index (χ4v) is 2.50. The van der Waals surface area contributed by atoms with Crippen LogP contribution in [0.3, 0.4) is 0 Å². The summed E-state index contributed by atoms with van der Waals surface area (Å²) in [4.78, 5) is 6.79. The van der Waals surface area contributed by atoms with Gasteiger partial charge in [-0.25, -0.2) is 0 Å². The minimum Gasteiger partial charge on any atom is -0.307 e. The van der Waals surface area contributed by atoms with Crippen LogP contribution in [0, 0.1) is 5.92 Å². The van der Waals surface area contributed by atoms with Crippen molar-refractivity contribution in [1.29, 1.82) is 0 Å². The number of amidine groups is 2. The molecule has 0 N–H and O–H groups in total. The highest BCUT2D eigenvalue weighted by Crippen LogP contribution is 2.26. The lowest BCUT2D eigenvalue weighted by Crippen LogP contribution is -2.34. The number of aliphatic imine (C=N–C) groups is 1. The summed E-state index contributed by atoms with van der Waals surface area (Å²) in [6.45, 7) is 6.45. The van der Waals surface area contributed by atoms with E-state index in [1.165, 1.54) is 30.6 Å². The zero-order valence-corrected chi connectivity index (χ0v) is 8.97. The number of hydrogen-bond donors (Lipinski definition) is 0. The topological polar surface area (TPSA) is 28.0 Å². The monoisotopic (exact) mass is 197 g/mol. The SMILES string of the molecule is CC(C)C1=NSC2=NCCCCN21. The van der Waals surface area contributed by atoms with Gasteiger partial charge in [-0.3, -0.25) is 4.99 Å². The van der Waals surface area contributed by atoms with E-state index in [0.29, 0.717) is 5.92 Å². The van der Waals surface area contributed by atoms with Crippen molar-refractivity contribution in [2.75, 3.05) is 13.1 Å². The molecule has 2 heterocycles. The van der Waals surface area contributed by atoms with Gasteiger partial charge in [-0.1, -0.05) is 13.8 Å². The summed E-state index contributed by atoms with van der Waals surface area (Å²) in [5.74, 6) is 1.71. The van der Waals surface area contributed by atoms with Gasteiger partial charge in [0.15, 0.2) is 5.17 Å². The molecule has 2 aliphatic heterocycles. The van der Waals surface area contributed by atoms with Gasteiger partial charge in [0.25, 0.3) is 0 Å². The highest BCUT2D eigenvalue weighted by Gasteiger charge is 2.27. The predicted molar refractivity (Wildman–Crippen MR) is 58.1 cm³/mol. The quantitative estimate of drug-likeness (QED) is 0.602. The van der Waals surface area contributed by atoms with Crippen LogP contribution in [0.2, 0.25) is 0 Å². The van der Waals surface area contributed by atoms with E-state index in [2.05, 4.69) is 28.1 Å². The van der Waals surface area contributed by atoms with E-state index in [4.69, 9.17) is 0 Å². The van der Waals surface area contributed by atoms with Gasteiger partial charge in [0, 0.05) is 19.0 Å². The predicted octanol–water partition coefficient (Wildman–Crippen LogP) is 2.15. The summed E-state index contributed by atoms with van der Waals surface area (Å²) in [6, 6.07) is 0. The molecule has 0 aliphatic carbocycles. The van der Waals surface area contributed by atoms with E-state index >= 15 is 0 Å². The Labute approximate surface area is 83.5 Å². The summed E-state index contributed by atoms with van der Waals surface area (Å²) in [5, 5.41) is 1.11. The van der Waals surface area contributed by atoms with E-state index < -0.39 is 0 Å². The Morgan fingerprint density at radius 1 is 1.38 bits per heavy atom. The van der Waals surface area contributed by atoms with Crippen molar-refractivity contribution in [3.8, 4) is 0 Å². The lowest BCUT2D eigenvalue weighted by atomic mass is 10.2. The maximum absolute atomic E-state index is 4.51. The molecular weight excluding hydrogens is 182 g/mol. The van der Waals surface area contributed by atoms with Crippen LogP contribution in [0.1, 0.15) is 26.7 Å². The lowest BCUT2D eigenvalue weighted by Gasteiger charge is -2.20. The summed E-state index contributed by atoms with van der Waals surface area (Å²) in [5.41, 5.74) is 0. The molecule has 4 heteroatoms. The third-order valence-corrected chi connectivity index (χ3v) is 3.07. The second-order valence-corrected chi connectivity index (χ2v) is 4.45. The fraction of sp³-hybridized carbons (Fsp3) is 0.778. The Balaban J connectivity index is 2.17. The van der Waals surface area contributed by atoms with E-state index in [-0.39, 0.29) is 0 Å². The third kappa shape index (κ3) is 1.73. The number of rotatable bonds is 1. The second-order valence-electron chi connectivity index (χ2n) is 3.72. The average molecular weight is 197 g/mol. The Morgan fingerprint density at radius 2 is 2.23 bits per heavy atom. The Hall–Kier alpha value is -0.510. The van der Waals surface area contributed by atoms with Crippen molar-refractivity contribution in [3.63, 3.8) is 0 Å². The van der Waals surface area contributed by atoms with Crippen molar-refractivity contribution < 1.29 is 0 Å². The van der Waals surface area contributed by atoms with Gasteiger partial charge in [-0.2, -0.15) is 4.40 Å². The first-order valence-corrected chi connectivity index (χ1v) is 5.63. The first kappa shape index (κ1) is 9.06. The molecule has 0 aromatic rings. The van der Waals surface area contributed by atoms with Gasteiger partial charge in [-0.05, 0) is 12.8 Å². The van der Waals surface area contributed by atoms with Gasteiger partial charge in [0.2, 0.25) is 0 Å². The number of hydrogen-bond acceptors (Lipinski definition) is 4. The first-order valence-electron chi connectivity index (χ1n) is 4.86. The van der Waals surface area contributed by atoms with Crippen LogP contribution < -0.4 is 0 Å². The molecule has 3 nitrogen and oxygen atoms in total. The van der Waals surface area contributed by atoms with Gasteiger partial charge in [0.05, 0.1) is 11.9 Å². The second kappa shape index (κ2) is 3.70. The molecule has 0 aromatic carbocycles. The van der Waals surface area contributed by atoms with Crippen LogP contribution in [-0.2, 0) is 0 Å². The molecule has 0 unspecified atom stereocenters. The molecule has 0 spiro atoms. The van der Waals surface area contributed by atoms with Crippen molar-refractivity contribution in [1.82, 2.24) is 4.90 Å². The Bertz CT molecular complexity index is 258. The van der Waals surface area contributed by atoms with Crippen LogP contribution in [0.15, 0.2) is 9.39 Å². The van der Waals surface area contributed by atoms with Gasteiger partial charge >= 0.3 is 0 Å². The molecule has 13 heavy (non-hydrogen) atoms. The first-order chi connectivity index (χ1) is 6.29. The van der Waals surface area contributed by atoms with Gasteiger partial charge < -0.3 is 4.90 Å². The largest absolute Gasteiger partial charge is 0.307 e. The van der Waals surface area contributed by atoms with E-state index in [1.807, 2.05) is 0 Å². The van der Waals surface area contributed by atoms with E-state index in [0.717, 1.165) is 18.3 Å². The third-order valence-electron chi connectivity index (χ3n) is 2.28. The highest BCUT2D eigenvalue weighted by molar-refractivity contribution is 8.13. The smallest absolute Gasteiger partial charge is 0.187 e. The molecule has 2 aliphatic rings. The molecule has 0 saturated carbocycles. The molecule has 0 bridgehead atoms. The van der Waals surface area contributed by atoms with Crippen LogP contribution in [0.25, 0.3) is 0 Å². The van der Waals surface area contributed by atoms with Crippen molar-refractivity contribution in [2.24, 2.45) is 15.3 Å². The van der Waals surface area contributed by atoms with Crippen molar-refractivity contribution >= 4 is 23.0 Å². The van der Waals surface area contributed by atoms with Gasteiger partial charge in [0.1, 0.15) is 5.84 Å². The molecular formula is C9H15N3S. The van der Waals surface area contributed by atoms with Crippen LogP contribution >= 0.6 is 11.9 Å². The summed E-state index contributed by atoms with van der Waals surface area (Å²) in [7, 11) is 0. The van der Waals surface area contributed by atoms with Crippen LogP contribution in [0.4, 0.5) is 0 Å². The van der Waals surface area contributed by atoms with E-state index in [9.17, 15) is 0 Å². The molecule has 0 radical (unpaired) electrons. The summed E-state index contributed by atoms with van der Waals surface area (Å²) in [6.07, 6.45) is 2.45. The summed E-state index contributed by atoms with van der Waals surface area (Å²) < 4.78 is 4.45. The zero-order chi connectivity index (χ0) is 9.26. The molecule has 0 amide bonds. The molecule has 0 fully saturated rings. The molecule has 72 valence electrons. The minimum atomic E-state index is 0.512. The minimum absolute atomic E-state index is 0.512. The normalized spacial score (nSPS) is 22.5. The molecule has 0 atom stereocenters.